The van der Waals surface area contributed by atoms with E-state index < -0.39 is 12.0 Å². The molecule has 106 valence electrons. The minimum absolute atomic E-state index is 0.489. The largest absolute Gasteiger partial charge is 0.480 e. The molecule has 0 saturated heterocycles. The molecule has 0 aromatic heterocycles. The Kier molecular flexibility index (Phi) is 6.83. The summed E-state index contributed by atoms with van der Waals surface area (Å²) in [7, 11) is 1.67. The second-order valence-corrected chi connectivity index (χ2v) is 4.95. The number of nitrogens with two attached hydrogens (primary N) is 1. The van der Waals surface area contributed by atoms with E-state index in [2.05, 4.69) is 21.2 Å². The lowest BCUT2D eigenvalue weighted by Crippen LogP contribution is -2.30. The first-order chi connectivity index (χ1) is 9.04. The van der Waals surface area contributed by atoms with Gasteiger partial charge in [-0.05, 0) is 40.5 Å². The van der Waals surface area contributed by atoms with Gasteiger partial charge in [0.2, 0.25) is 0 Å². The van der Waals surface area contributed by atoms with Gasteiger partial charge >= 0.3 is 0 Å². The van der Waals surface area contributed by atoms with E-state index in [1.165, 1.54) is 0 Å². The van der Waals surface area contributed by atoms with E-state index in [1.807, 2.05) is 18.2 Å². The topological polar surface area (TPSA) is 73.6 Å². The summed E-state index contributed by atoms with van der Waals surface area (Å²) in [6.07, 6.45) is -0.651. The molecule has 1 amide bonds. The lowest BCUT2D eigenvalue weighted by molar-refractivity contribution is -0.124. The average molecular weight is 331 g/mol. The van der Waals surface area contributed by atoms with Crippen molar-refractivity contribution in [1.82, 2.24) is 5.32 Å². The molecule has 0 radical (unpaired) electrons. The standard InChI is InChI=1S/C13H19BrN2O3/c1-9(13(15)17)19-12-4-3-10(7-11(12)14)8-16-5-6-18-2/h3-4,7,9,16H,5-6,8H2,1-2H3,(H2,15,17). The lowest BCUT2D eigenvalue weighted by atomic mass is 10.2. The molecule has 0 aliphatic heterocycles. The van der Waals surface area contributed by atoms with Crippen LogP contribution in [0.3, 0.4) is 0 Å². The van der Waals surface area contributed by atoms with Crippen molar-refractivity contribution < 1.29 is 14.3 Å². The van der Waals surface area contributed by atoms with Gasteiger partial charge < -0.3 is 20.5 Å². The van der Waals surface area contributed by atoms with Crippen molar-refractivity contribution in [1.29, 1.82) is 0 Å². The summed E-state index contributed by atoms with van der Waals surface area (Å²) >= 11 is 3.42. The Morgan fingerprint density at radius 3 is 2.84 bits per heavy atom. The minimum atomic E-state index is -0.651. The Morgan fingerprint density at radius 2 is 2.26 bits per heavy atom. The van der Waals surface area contributed by atoms with Gasteiger partial charge in [0.25, 0.3) is 5.91 Å². The Balaban J connectivity index is 2.56. The monoisotopic (exact) mass is 330 g/mol. The third-order valence-electron chi connectivity index (χ3n) is 2.51. The number of carbonyl (C=O) groups is 1. The lowest BCUT2D eigenvalue weighted by Gasteiger charge is -2.13. The van der Waals surface area contributed by atoms with Gasteiger partial charge in [0, 0.05) is 20.2 Å². The van der Waals surface area contributed by atoms with Gasteiger partial charge in [-0.3, -0.25) is 4.79 Å². The Morgan fingerprint density at radius 1 is 1.53 bits per heavy atom. The number of amides is 1. The van der Waals surface area contributed by atoms with Crippen molar-refractivity contribution in [2.45, 2.75) is 19.6 Å². The molecule has 6 heteroatoms. The van der Waals surface area contributed by atoms with Crippen molar-refractivity contribution in [3.63, 3.8) is 0 Å². The number of nitrogens with one attached hydrogen (secondary N) is 1. The predicted molar refractivity (Wildman–Crippen MR) is 77.0 cm³/mol. The van der Waals surface area contributed by atoms with Gasteiger partial charge in [-0.1, -0.05) is 6.07 Å². The van der Waals surface area contributed by atoms with Crippen LogP contribution in [0, 0.1) is 0 Å². The zero-order chi connectivity index (χ0) is 14.3. The van der Waals surface area contributed by atoms with Crippen LogP contribution < -0.4 is 15.8 Å². The zero-order valence-corrected chi connectivity index (χ0v) is 12.7. The number of benzene rings is 1. The molecule has 0 aliphatic rings. The third kappa shape index (κ3) is 5.59. The molecule has 1 atom stereocenters. The molecule has 0 heterocycles. The fourth-order valence-corrected chi connectivity index (χ4v) is 1.93. The first-order valence-corrected chi connectivity index (χ1v) is 6.78. The van der Waals surface area contributed by atoms with E-state index in [-0.39, 0.29) is 0 Å². The number of rotatable bonds is 8. The summed E-state index contributed by atoms with van der Waals surface area (Å²) in [6.45, 7) is 3.84. The Hall–Kier alpha value is -1.11. The molecule has 0 spiro atoms. The summed E-state index contributed by atoms with van der Waals surface area (Å²) in [5, 5.41) is 3.25. The van der Waals surface area contributed by atoms with E-state index in [1.54, 1.807) is 14.0 Å². The molecule has 1 aromatic rings. The summed E-state index contributed by atoms with van der Waals surface area (Å²) in [6, 6.07) is 5.70. The molecule has 3 N–H and O–H groups in total. The summed E-state index contributed by atoms with van der Waals surface area (Å²) in [4.78, 5) is 10.9. The molecule has 1 aromatic carbocycles. The molecular weight excluding hydrogens is 312 g/mol. The first-order valence-electron chi connectivity index (χ1n) is 5.98. The SMILES string of the molecule is COCCNCc1ccc(OC(C)C(N)=O)c(Br)c1. The Labute approximate surface area is 121 Å². The van der Waals surface area contributed by atoms with Crippen LogP contribution in [0.2, 0.25) is 0 Å². The van der Waals surface area contributed by atoms with Crippen LogP contribution in [0.5, 0.6) is 5.75 Å². The number of primary amides is 1. The molecule has 19 heavy (non-hydrogen) atoms. The summed E-state index contributed by atoms with van der Waals surface area (Å²) < 4.78 is 11.2. The molecule has 0 fully saturated rings. The second kappa shape index (κ2) is 8.14. The molecule has 0 aliphatic carbocycles. The molecule has 1 unspecified atom stereocenters. The first kappa shape index (κ1) is 15.9. The van der Waals surface area contributed by atoms with Gasteiger partial charge in [0.1, 0.15) is 5.75 Å². The van der Waals surface area contributed by atoms with Gasteiger partial charge in [0.15, 0.2) is 6.10 Å². The quantitative estimate of drug-likeness (QED) is 0.707. The fraction of sp³-hybridized carbons (Fsp3) is 0.462. The van der Waals surface area contributed by atoms with Crippen LogP contribution in [0.1, 0.15) is 12.5 Å². The van der Waals surface area contributed by atoms with Gasteiger partial charge in [-0.2, -0.15) is 0 Å². The third-order valence-corrected chi connectivity index (χ3v) is 3.13. The minimum Gasteiger partial charge on any atom is -0.480 e. The number of hydrogen-bond donors (Lipinski definition) is 2. The van der Waals surface area contributed by atoms with Crippen LogP contribution in [-0.2, 0) is 16.1 Å². The maximum Gasteiger partial charge on any atom is 0.258 e. The number of hydrogen-bond acceptors (Lipinski definition) is 4. The fourth-order valence-electron chi connectivity index (χ4n) is 1.41. The van der Waals surface area contributed by atoms with E-state index in [0.29, 0.717) is 12.4 Å². The van der Waals surface area contributed by atoms with Crippen molar-refractivity contribution in [3.05, 3.63) is 28.2 Å². The zero-order valence-electron chi connectivity index (χ0n) is 11.1. The normalized spacial score (nSPS) is 12.2. The molecule has 5 nitrogen and oxygen atoms in total. The highest BCUT2D eigenvalue weighted by atomic mass is 79.9. The molecule has 1 rings (SSSR count). The predicted octanol–water partition coefficient (Wildman–Crippen LogP) is 1.44. The maximum atomic E-state index is 10.9. The smallest absolute Gasteiger partial charge is 0.258 e. The van der Waals surface area contributed by atoms with E-state index in [4.69, 9.17) is 15.2 Å². The number of ether oxygens (including phenoxy) is 2. The molecule has 0 bridgehead atoms. The molecular formula is C13H19BrN2O3. The van der Waals surface area contributed by atoms with Crippen LogP contribution in [0.25, 0.3) is 0 Å². The van der Waals surface area contributed by atoms with E-state index >= 15 is 0 Å². The highest BCUT2D eigenvalue weighted by molar-refractivity contribution is 9.10. The number of carbonyl (C=O) groups excluding carboxylic acids is 1. The highest BCUT2D eigenvalue weighted by Crippen LogP contribution is 2.26. The van der Waals surface area contributed by atoms with E-state index in [9.17, 15) is 4.79 Å². The van der Waals surface area contributed by atoms with Gasteiger partial charge in [-0.25, -0.2) is 0 Å². The summed E-state index contributed by atoms with van der Waals surface area (Å²) in [5.41, 5.74) is 6.27. The number of methoxy groups -OCH3 is 1. The maximum absolute atomic E-state index is 10.9. The van der Waals surface area contributed by atoms with Crippen LogP contribution in [0.15, 0.2) is 22.7 Å². The summed E-state index contributed by atoms with van der Waals surface area (Å²) in [5.74, 6) is 0.115. The molecule has 0 saturated carbocycles. The van der Waals surface area contributed by atoms with Crippen LogP contribution >= 0.6 is 15.9 Å². The van der Waals surface area contributed by atoms with Crippen LogP contribution in [-0.4, -0.2) is 32.3 Å². The van der Waals surface area contributed by atoms with Crippen molar-refractivity contribution in [2.75, 3.05) is 20.3 Å². The van der Waals surface area contributed by atoms with Gasteiger partial charge in [-0.15, -0.1) is 0 Å². The highest BCUT2D eigenvalue weighted by Gasteiger charge is 2.12. The Bertz CT molecular complexity index is 426. The van der Waals surface area contributed by atoms with E-state index in [0.717, 1.165) is 23.1 Å². The average Bonchev–Trinajstić information content (AvgIpc) is 2.37. The van der Waals surface area contributed by atoms with Crippen molar-refractivity contribution >= 4 is 21.8 Å². The second-order valence-electron chi connectivity index (χ2n) is 4.10. The van der Waals surface area contributed by atoms with Crippen LogP contribution in [0.4, 0.5) is 0 Å². The number of halogens is 1. The van der Waals surface area contributed by atoms with Crippen molar-refractivity contribution in [2.24, 2.45) is 5.73 Å². The van der Waals surface area contributed by atoms with Gasteiger partial charge in [0.05, 0.1) is 11.1 Å². The van der Waals surface area contributed by atoms with Crippen molar-refractivity contribution in [3.8, 4) is 5.75 Å².